The van der Waals surface area contributed by atoms with E-state index in [1.54, 1.807) is 30.6 Å². The fourth-order valence-corrected chi connectivity index (χ4v) is 4.60. The van der Waals surface area contributed by atoms with E-state index in [4.69, 9.17) is 0 Å². The molecule has 180 valence electrons. The molecule has 1 aliphatic rings. The van der Waals surface area contributed by atoms with E-state index >= 15 is 0 Å². The highest BCUT2D eigenvalue weighted by molar-refractivity contribution is 6.26. The summed E-state index contributed by atoms with van der Waals surface area (Å²) >= 11 is 0. The first-order valence-corrected chi connectivity index (χ1v) is 11.9. The van der Waals surface area contributed by atoms with Crippen molar-refractivity contribution in [3.05, 3.63) is 114 Å². The minimum Gasteiger partial charge on any atom is -0.383 e. The van der Waals surface area contributed by atoms with Gasteiger partial charge in [0.25, 0.3) is 11.8 Å². The number of pyridine rings is 2. The zero-order valence-electron chi connectivity index (χ0n) is 19.9. The number of benzene rings is 2. The van der Waals surface area contributed by atoms with Crippen molar-refractivity contribution in [1.29, 1.82) is 0 Å². The Hall–Kier alpha value is -4.36. The molecule has 0 spiro atoms. The number of aromatic nitrogens is 2. The Morgan fingerprint density at radius 3 is 2.11 bits per heavy atom. The molecule has 2 amide bonds. The average molecular weight is 478 g/mol. The van der Waals surface area contributed by atoms with Crippen LogP contribution in [-0.4, -0.2) is 51.2 Å². The molecule has 7 nitrogen and oxygen atoms in total. The van der Waals surface area contributed by atoms with Crippen LogP contribution in [0.15, 0.2) is 91.8 Å². The molecule has 2 aromatic heterocycles. The monoisotopic (exact) mass is 477 g/mol. The van der Waals surface area contributed by atoms with Crippen molar-refractivity contribution in [2.45, 2.75) is 13.1 Å². The van der Waals surface area contributed by atoms with E-state index in [0.29, 0.717) is 36.1 Å². The fraction of sp³-hybridized carbons (Fsp3) is 0.172. The first-order valence-electron chi connectivity index (χ1n) is 11.9. The van der Waals surface area contributed by atoms with Crippen molar-refractivity contribution < 1.29 is 9.59 Å². The molecular weight excluding hydrogens is 450 g/mol. The zero-order valence-corrected chi connectivity index (χ0v) is 19.9. The van der Waals surface area contributed by atoms with E-state index in [1.165, 1.54) is 4.90 Å². The van der Waals surface area contributed by atoms with E-state index in [2.05, 4.69) is 26.8 Å². The molecule has 0 unspecified atom stereocenters. The average Bonchev–Trinajstić information content (AvgIpc) is 2.91. The third-order valence-electron chi connectivity index (χ3n) is 6.27. The maximum atomic E-state index is 13.0. The highest BCUT2D eigenvalue weighted by Crippen LogP contribution is 2.34. The van der Waals surface area contributed by atoms with Gasteiger partial charge in [0.15, 0.2) is 0 Å². The second kappa shape index (κ2) is 10.5. The van der Waals surface area contributed by atoms with E-state index in [1.807, 2.05) is 54.6 Å². The second-order valence-electron chi connectivity index (χ2n) is 8.68. The molecule has 2 aromatic carbocycles. The van der Waals surface area contributed by atoms with Gasteiger partial charge in [0.05, 0.1) is 11.4 Å². The predicted octanol–water partition coefficient (Wildman–Crippen LogP) is 4.53. The van der Waals surface area contributed by atoms with Gasteiger partial charge in [0.1, 0.15) is 0 Å². The van der Waals surface area contributed by atoms with Crippen molar-refractivity contribution in [3.63, 3.8) is 0 Å². The summed E-state index contributed by atoms with van der Waals surface area (Å²) in [6, 6.07) is 21.2. The lowest BCUT2D eigenvalue weighted by Gasteiger charge is -2.27. The van der Waals surface area contributed by atoms with Crippen LogP contribution < -0.4 is 5.32 Å². The molecule has 7 heteroatoms. The fourth-order valence-electron chi connectivity index (χ4n) is 4.60. The Morgan fingerprint density at radius 2 is 1.50 bits per heavy atom. The number of hydrogen-bond acceptors (Lipinski definition) is 6. The van der Waals surface area contributed by atoms with Gasteiger partial charge in [-0.15, -0.1) is 6.58 Å². The molecule has 1 N–H and O–H groups in total. The minimum atomic E-state index is -0.285. The van der Waals surface area contributed by atoms with Gasteiger partial charge in [0, 0.05) is 72.7 Å². The normalized spacial score (nSPS) is 12.9. The van der Waals surface area contributed by atoms with Crippen molar-refractivity contribution >= 4 is 28.3 Å². The van der Waals surface area contributed by atoms with Crippen LogP contribution in [-0.2, 0) is 13.1 Å². The number of nitrogens with one attached hydrogen (secondary N) is 1. The highest BCUT2D eigenvalue weighted by atomic mass is 16.2. The molecule has 4 aromatic rings. The van der Waals surface area contributed by atoms with Gasteiger partial charge in [-0.1, -0.05) is 30.3 Å². The molecule has 5 rings (SSSR count). The maximum Gasteiger partial charge on any atom is 0.261 e. The molecule has 36 heavy (non-hydrogen) atoms. The predicted molar refractivity (Wildman–Crippen MR) is 141 cm³/mol. The lowest BCUT2D eigenvalue weighted by Crippen LogP contribution is -2.40. The van der Waals surface area contributed by atoms with Crippen LogP contribution in [0, 0.1) is 0 Å². The number of imide groups is 1. The summed E-state index contributed by atoms with van der Waals surface area (Å²) in [5.41, 5.74) is 3.97. The van der Waals surface area contributed by atoms with Gasteiger partial charge in [-0.25, -0.2) is 0 Å². The molecule has 0 bridgehead atoms. The SMILES string of the molecule is C=CCN1C(=O)c2cccc3c(NCCN(Cc4ccccn4)Cc4ccccn4)ccc(c23)C1=O. The summed E-state index contributed by atoms with van der Waals surface area (Å²) in [7, 11) is 0. The molecule has 0 aliphatic carbocycles. The standard InChI is InChI=1S/C29H27N5O2/c1-2-17-34-28(35)24-11-7-10-23-26(13-12-25(27(23)24)29(34)36)32-16-18-33(19-21-8-3-5-14-30-21)20-22-9-4-6-15-31-22/h2-15,32H,1,16-20H2. The van der Waals surface area contributed by atoms with Crippen LogP contribution in [0.5, 0.6) is 0 Å². The van der Waals surface area contributed by atoms with Crippen molar-refractivity contribution in [2.24, 2.45) is 0 Å². The summed E-state index contributed by atoms with van der Waals surface area (Å²) in [6.45, 7) is 6.69. The van der Waals surface area contributed by atoms with Gasteiger partial charge < -0.3 is 5.32 Å². The third-order valence-corrected chi connectivity index (χ3v) is 6.27. The molecule has 0 saturated carbocycles. The topological polar surface area (TPSA) is 78.4 Å². The summed E-state index contributed by atoms with van der Waals surface area (Å²) in [4.78, 5) is 38.5. The number of nitrogens with zero attached hydrogens (tertiary/aromatic N) is 4. The smallest absolute Gasteiger partial charge is 0.261 e. The molecule has 0 saturated heterocycles. The Labute approximate surface area is 210 Å². The Morgan fingerprint density at radius 1 is 0.833 bits per heavy atom. The zero-order chi connectivity index (χ0) is 24.9. The molecule has 0 fully saturated rings. The Balaban J connectivity index is 1.36. The molecule has 3 heterocycles. The summed E-state index contributed by atoms with van der Waals surface area (Å²) < 4.78 is 0. The van der Waals surface area contributed by atoms with Gasteiger partial charge in [-0.2, -0.15) is 0 Å². The number of anilines is 1. The van der Waals surface area contributed by atoms with Crippen molar-refractivity contribution in [1.82, 2.24) is 19.8 Å². The van der Waals surface area contributed by atoms with Crippen LogP contribution in [0.3, 0.4) is 0 Å². The Kier molecular flexibility index (Phi) is 6.82. The third kappa shape index (κ3) is 4.74. The van der Waals surface area contributed by atoms with Crippen LogP contribution in [0.2, 0.25) is 0 Å². The lowest BCUT2D eigenvalue weighted by atomic mass is 9.93. The Bertz CT molecular complexity index is 1340. The number of rotatable bonds is 10. The molecular formula is C29H27N5O2. The highest BCUT2D eigenvalue weighted by Gasteiger charge is 2.32. The van der Waals surface area contributed by atoms with Crippen molar-refractivity contribution in [2.75, 3.05) is 25.0 Å². The number of carbonyl (C=O) groups is 2. The van der Waals surface area contributed by atoms with Gasteiger partial charge >= 0.3 is 0 Å². The summed E-state index contributed by atoms with van der Waals surface area (Å²) in [5.74, 6) is -0.570. The molecule has 0 radical (unpaired) electrons. The van der Waals surface area contributed by atoms with Gasteiger partial charge in [0.2, 0.25) is 0 Å². The summed E-state index contributed by atoms with van der Waals surface area (Å²) in [5, 5.41) is 5.10. The molecule has 0 atom stereocenters. The van der Waals surface area contributed by atoms with E-state index in [9.17, 15) is 9.59 Å². The van der Waals surface area contributed by atoms with Crippen LogP contribution in [0.4, 0.5) is 5.69 Å². The molecule has 1 aliphatic heterocycles. The quantitative estimate of drug-likeness (QED) is 0.267. The van der Waals surface area contributed by atoms with Crippen LogP contribution >= 0.6 is 0 Å². The maximum absolute atomic E-state index is 13.0. The van der Waals surface area contributed by atoms with Crippen LogP contribution in [0.1, 0.15) is 32.1 Å². The number of amides is 2. The van der Waals surface area contributed by atoms with Crippen molar-refractivity contribution in [3.8, 4) is 0 Å². The van der Waals surface area contributed by atoms with E-state index < -0.39 is 0 Å². The second-order valence-corrected chi connectivity index (χ2v) is 8.68. The largest absolute Gasteiger partial charge is 0.383 e. The lowest BCUT2D eigenvalue weighted by molar-refractivity contribution is 0.0629. The van der Waals surface area contributed by atoms with E-state index in [0.717, 1.165) is 29.0 Å². The number of carbonyl (C=O) groups excluding carboxylic acids is 2. The first-order chi connectivity index (χ1) is 17.7. The van der Waals surface area contributed by atoms with Gasteiger partial charge in [-0.3, -0.25) is 29.4 Å². The van der Waals surface area contributed by atoms with E-state index in [-0.39, 0.29) is 18.4 Å². The first kappa shape index (κ1) is 23.4. The summed E-state index contributed by atoms with van der Waals surface area (Å²) in [6.07, 6.45) is 5.18. The number of hydrogen-bond donors (Lipinski definition) is 1. The minimum absolute atomic E-state index is 0.190. The van der Waals surface area contributed by atoms with Gasteiger partial charge in [-0.05, 0) is 42.5 Å². The van der Waals surface area contributed by atoms with Crippen LogP contribution in [0.25, 0.3) is 10.8 Å².